The van der Waals surface area contributed by atoms with E-state index < -0.39 is 17.9 Å². The second kappa shape index (κ2) is 16.4. The number of hydrogen-bond donors (Lipinski definition) is 2. The van der Waals surface area contributed by atoms with Crippen molar-refractivity contribution in [2.45, 2.75) is 19.4 Å². The van der Waals surface area contributed by atoms with Crippen LogP contribution in [-0.4, -0.2) is 28.1 Å². The Labute approximate surface area is 309 Å². The molecule has 0 atom stereocenters. The lowest BCUT2D eigenvalue weighted by Crippen LogP contribution is -2.15. The summed E-state index contributed by atoms with van der Waals surface area (Å²) in [6.45, 7) is -0.136. The van der Waals surface area contributed by atoms with Gasteiger partial charge in [0.25, 0.3) is 0 Å². The number of benzene rings is 6. The first-order valence-corrected chi connectivity index (χ1v) is 16.8. The average molecular weight is 734 g/mol. The normalized spacial score (nSPS) is 10.8. The van der Waals surface area contributed by atoms with Crippen LogP contribution in [-0.2, 0) is 24.3 Å². The van der Waals surface area contributed by atoms with Gasteiger partial charge in [0.2, 0.25) is 0 Å². The molecule has 0 amide bonds. The maximum atomic E-state index is 13.2. The van der Waals surface area contributed by atoms with E-state index in [0.717, 1.165) is 22.3 Å². The van der Waals surface area contributed by atoms with E-state index in [1.165, 1.54) is 18.2 Å². The standard InChI is InChI=1S/C42H30Cl2O8/c43-36-23-30(13-17-38(36)51-42(49)35-22-29(12-16-34(35)41(47)48)20-27-9-5-2-6-10-27)31-14-18-39(37(44)24-31)52-50-25-32-21-28(11-15-33(32)40(45)46)19-26-7-3-1-4-8-26/h1-18,21-24H,19-20,25H2,(H,45,46)(H,47,48). The van der Waals surface area contributed by atoms with Crippen molar-refractivity contribution >= 4 is 41.1 Å². The third-order valence-corrected chi connectivity index (χ3v) is 8.79. The minimum atomic E-state index is -1.26. The van der Waals surface area contributed by atoms with Gasteiger partial charge in [0.1, 0.15) is 12.4 Å². The molecule has 2 N–H and O–H groups in total. The van der Waals surface area contributed by atoms with E-state index in [1.807, 2.05) is 60.7 Å². The van der Waals surface area contributed by atoms with Gasteiger partial charge >= 0.3 is 17.9 Å². The van der Waals surface area contributed by atoms with Crippen LogP contribution in [0.15, 0.2) is 133 Å². The zero-order chi connectivity index (χ0) is 36.6. The molecule has 260 valence electrons. The molecular formula is C42H30Cl2O8. The van der Waals surface area contributed by atoms with E-state index in [4.69, 9.17) is 37.7 Å². The molecule has 10 heteroatoms. The van der Waals surface area contributed by atoms with Crippen LogP contribution in [0.2, 0.25) is 10.0 Å². The van der Waals surface area contributed by atoms with Crippen LogP contribution in [0.25, 0.3) is 11.1 Å². The van der Waals surface area contributed by atoms with E-state index in [-0.39, 0.29) is 44.8 Å². The molecule has 8 nitrogen and oxygen atoms in total. The summed E-state index contributed by atoms with van der Waals surface area (Å²) >= 11 is 13.0. The van der Waals surface area contributed by atoms with E-state index in [0.29, 0.717) is 29.5 Å². The zero-order valence-electron chi connectivity index (χ0n) is 27.4. The van der Waals surface area contributed by atoms with Gasteiger partial charge in [-0.3, -0.25) is 0 Å². The summed E-state index contributed by atoms with van der Waals surface area (Å²) in [4.78, 5) is 47.9. The summed E-state index contributed by atoms with van der Waals surface area (Å²) in [5.74, 6) is -2.93. The molecule has 0 heterocycles. The Morgan fingerprint density at radius 1 is 0.519 bits per heavy atom. The second-order valence-corrected chi connectivity index (χ2v) is 12.6. The number of carboxylic acid groups (broad SMARTS) is 2. The van der Waals surface area contributed by atoms with Crippen molar-refractivity contribution in [3.8, 4) is 22.6 Å². The van der Waals surface area contributed by atoms with Crippen molar-refractivity contribution < 1.29 is 39.1 Å². The predicted molar refractivity (Wildman–Crippen MR) is 198 cm³/mol. The van der Waals surface area contributed by atoms with Gasteiger partial charge in [-0.05, 0) is 94.3 Å². The molecule has 52 heavy (non-hydrogen) atoms. The largest absolute Gasteiger partial charge is 0.478 e. The van der Waals surface area contributed by atoms with Crippen LogP contribution < -0.4 is 9.62 Å². The second-order valence-electron chi connectivity index (χ2n) is 11.8. The van der Waals surface area contributed by atoms with Gasteiger partial charge < -0.3 is 19.8 Å². The number of carboxylic acids is 2. The molecule has 0 spiro atoms. The molecule has 0 saturated carbocycles. The Bertz CT molecular complexity index is 2260. The SMILES string of the molecule is O=C(O)c1ccc(Cc2ccccc2)cc1COOc1ccc(-c2ccc(OC(=O)c3cc(Cc4ccccc4)ccc3C(=O)O)c(Cl)c2)cc1Cl. The Morgan fingerprint density at radius 3 is 1.58 bits per heavy atom. The number of hydrogen-bond acceptors (Lipinski definition) is 6. The van der Waals surface area contributed by atoms with Crippen LogP contribution in [0, 0.1) is 0 Å². The molecule has 6 rings (SSSR count). The maximum absolute atomic E-state index is 13.2. The number of carbonyl (C=O) groups excluding carboxylic acids is 1. The van der Waals surface area contributed by atoms with Crippen molar-refractivity contribution in [3.05, 3.63) is 188 Å². The van der Waals surface area contributed by atoms with Gasteiger partial charge in [0.15, 0.2) is 5.75 Å². The highest BCUT2D eigenvalue weighted by molar-refractivity contribution is 6.33. The van der Waals surface area contributed by atoms with Crippen molar-refractivity contribution in [3.63, 3.8) is 0 Å². The summed E-state index contributed by atoms with van der Waals surface area (Å²) in [7, 11) is 0. The fraction of sp³-hybridized carbons (Fsp3) is 0.0714. The van der Waals surface area contributed by atoms with Crippen molar-refractivity contribution in [2.24, 2.45) is 0 Å². The Morgan fingerprint density at radius 2 is 1.04 bits per heavy atom. The van der Waals surface area contributed by atoms with Crippen LogP contribution in [0.4, 0.5) is 0 Å². The lowest BCUT2D eigenvalue weighted by Gasteiger charge is -2.13. The first kappa shape index (κ1) is 35.9. The van der Waals surface area contributed by atoms with Crippen LogP contribution in [0.3, 0.4) is 0 Å². The molecule has 0 radical (unpaired) electrons. The van der Waals surface area contributed by atoms with E-state index >= 15 is 0 Å². The summed E-state index contributed by atoms with van der Waals surface area (Å²) in [5.41, 5.74) is 5.36. The molecule has 0 saturated heterocycles. The molecule has 0 bridgehead atoms. The Kier molecular flexibility index (Phi) is 11.3. The predicted octanol–water partition coefficient (Wildman–Crippen LogP) is 9.97. The van der Waals surface area contributed by atoms with Gasteiger partial charge in [0, 0.05) is 0 Å². The fourth-order valence-corrected chi connectivity index (χ4v) is 6.06. The third-order valence-electron chi connectivity index (χ3n) is 8.20. The summed E-state index contributed by atoms with van der Waals surface area (Å²) in [5, 5.41) is 19.8. The number of aromatic carboxylic acids is 2. The van der Waals surface area contributed by atoms with Gasteiger partial charge in [-0.25, -0.2) is 14.4 Å². The highest BCUT2D eigenvalue weighted by Crippen LogP contribution is 2.35. The van der Waals surface area contributed by atoms with Crippen LogP contribution in [0.5, 0.6) is 11.5 Å². The van der Waals surface area contributed by atoms with Gasteiger partial charge in [-0.15, -0.1) is 0 Å². The van der Waals surface area contributed by atoms with Crippen molar-refractivity contribution in [2.75, 3.05) is 0 Å². The summed E-state index contributed by atoms with van der Waals surface area (Å²) in [6.07, 6.45) is 1.13. The van der Waals surface area contributed by atoms with E-state index in [2.05, 4.69) is 0 Å². The monoisotopic (exact) mass is 732 g/mol. The molecule has 6 aromatic carbocycles. The van der Waals surface area contributed by atoms with Gasteiger partial charge in [-0.2, -0.15) is 4.89 Å². The zero-order valence-corrected chi connectivity index (χ0v) is 28.9. The Balaban J connectivity index is 1.12. The summed E-state index contributed by atoms with van der Waals surface area (Å²) < 4.78 is 5.57. The average Bonchev–Trinajstić information content (AvgIpc) is 3.14. The lowest BCUT2D eigenvalue weighted by molar-refractivity contribution is -0.217. The molecule has 0 unspecified atom stereocenters. The molecular weight excluding hydrogens is 703 g/mol. The topological polar surface area (TPSA) is 119 Å². The van der Waals surface area contributed by atoms with E-state index in [1.54, 1.807) is 54.6 Å². The smallest absolute Gasteiger partial charge is 0.344 e. The fourth-order valence-electron chi connectivity index (χ4n) is 5.63. The van der Waals surface area contributed by atoms with Gasteiger partial charge in [-0.1, -0.05) is 114 Å². The number of rotatable bonds is 13. The van der Waals surface area contributed by atoms with Crippen molar-refractivity contribution in [1.29, 1.82) is 0 Å². The lowest BCUT2D eigenvalue weighted by atomic mass is 9.99. The minimum absolute atomic E-state index is 0.0493. The third kappa shape index (κ3) is 8.86. The quantitative estimate of drug-likeness (QED) is 0.0521. The van der Waals surface area contributed by atoms with Crippen LogP contribution in [0.1, 0.15) is 58.9 Å². The van der Waals surface area contributed by atoms with E-state index in [9.17, 15) is 24.6 Å². The highest BCUT2D eigenvalue weighted by atomic mass is 35.5. The molecule has 0 aliphatic carbocycles. The molecule has 0 aromatic heterocycles. The molecule has 0 fully saturated rings. The van der Waals surface area contributed by atoms with Gasteiger partial charge in [0.05, 0.1) is 26.7 Å². The molecule has 0 aliphatic rings. The summed E-state index contributed by atoms with van der Waals surface area (Å²) in [6, 6.07) is 38.9. The maximum Gasteiger partial charge on any atom is 0.344 e. The number of halogens is 2. The van der Waals surface area contributed by atoms with Crippen LogP contribution >= 0.6 is 23.2 Å². The Hall–Kier alpha value is -5.93. The molecule has 6 aromatic rings. The molecule has 0 aliphatic heterocycles. The number of esters is 1. The first-order valence-electron chi connectivity index (χ1n) is 16.0. The minimum Gasteiger partial charge on any atom is -0.478 e. The van der Waals surface area contributed by atoms with Crippen molar-refractivity contribution in [1.82, 2.24) is 0 Å². The number of ether oxygens (including phenoxy) is 1. The number of carbonyl (C=O) groups is 3. The highest BCUT2D eigenvalue weighted by Gasteiger charge is 2.21. The first-order chi connectivity index (χ1) is 25.1.